The van der Waals surface area contributed by atoms with Gasteiger partial charge in [0.1, 0.15) is 11.6 Å². The lowest BCUT2D eigenvalue weighted by atomic mass is 9.93. The quantitative estimate of drug-likeness (QED) is 0.400. The molecule has 1 unspecified atom stereocenters. The van der Waals surface area contributed by atoms with Gasteiger partial charge in [0.2, 0.25) is 0 Å². The van der Waals surface area contributed by atoms with Crippen molar-refractivity contribution in [3.05, 3.63) is 80.9 Å². The van der Waals surface area contributed by atoms with Gasteiger partial charge in [-0.25, -0.2) is 13.2 Å². The van der Waals surface area contributed by atoms with Crippen LogP contribution >= 0.6 is 11.8 Å². The first-order chi connectivity index (χ1) is 18.5. The van der Waals surface area contributed by atoms with Gasteiger partial charge in [0.05, 0.1) is 23.7 Å². The van der Waals surface area contributed by atoms with E-state index in [1.54, 1.807) is 35.4 Å². The highest BCUT2D eigenvalue weighted by molar-refractivity contribution is 8.00. The summed E-state index contributed by atoms with van der Waals surface area (Å²) in [6.45, 7) is 10.2. The highest BCUT2D eigenvalue weighted by Gasteiger charge is 2.44. The van der Waals surface area contributed by atoms with Gasteiger partial charge in [0.25, 0.3) is 5.56 Å². The van der Waals surface area contributed by atoms with Crippen LogP contribution in [0.15, 0.2) is 46.2 Å². The Morgan fingerprint density at radius 2 is 1.64 bits per heavy atom. The van der Waals surface area contributed by atoms with Crippen LogP contribution in [0.3, 0.4) is 0 Å². The number of methoxy groups -OCH3 is 1. The fourth-order valence-corrected chi connectivity index (χ4v) is 7.16. The Morgan fingerprint density at radius 1 is 1.00 bits per heavy atom. The average molecular weight is 558 g/mol. The van der Waals surface area contributed by atoms with E-state index >= 15 is 4.39 Å². The molecule has 0 aliphatic carbocycles. The van der Waals surface area contributed by atoms with E-state index in [0.29, 0.717) is 22.7 Å². The predicted molar refractivity (Wildman–Crippen MR) is 149 cm³/mol. The predicted octanol–water partition coefficient (Wildman–Crippen LogP) is 5.51. The number of fused-ring (bicyclic) bond motifs is 1. The molecular formula is C30H34F3N3O2S. The molecule has 1 aromatic heterocycles. The van der Waals surface area contributed by atoms with Crippen LogP contribution in [0.1, 0.15) is 36.6 Å². The van der Waals surface area contributed by atoms with Crippen molar-refractivity contribution in [2.24, 2.45) is 0 Å². The van der Waals surface area contributed by atoms with Gasteiger partial charge in [-0.05, 0) is 57.1 Å². The first kappa shape index (κ1) is 27.8. The van der Waals surface area contributed by atoms with Gasteiger partial charge in [-0.1, -0.05) is 30.0 Å². The zero-order valence-corrected chi connectivity index (χ0v) is 23.8. The minimum absolute atomic E-state index is 0.0298. The molecule has 1 atom stereocenters. The lowest BCUT2D eigenvalue weighted by Gasteiger charge is -2.37. The number of rotatable bonds is 6. The molecular weight excluding hydrogens is 523 g/mol. The second-order valence-corrected chi connectivity index (χ2v) is 12.6. The topological polar surface area (TPSA) is 37.7 Å². The average Bonchev–Trinajstić information content (AvgIpc) is 3.15. The summed E-state index contributed by atoms with van der Waals surface area (Å²) in [5.74, 6) is -1.90. The molecule has 2 aromatic carbocycles. The number of nitrogens with zero attached hydrogens (tertiary/aromatic N) is 3. The van der Waals surface area contributed by atoms with E-state index in [9.17, 15) is 13.6 Å². The molecule has 5 rings (SSSR count). The van der Waals surface area contributed by atoms with Gasteiger partial charge in [-0.15, -0.1) is 0 Å². The summed E-state index contributed by atoms with van der Waals surface area (Å²) < 4.78 is 51.9. The van der Waals surface area contributed by atoms with Crippen LogP contribution in [0.2, 0.25) is 0 Å². The number of hydrogen-bond donors (Lipinski definition) is 0. The molecule has 2 aliphatic rings. The Morgan fingerprint density at radius 3 is 2.28 bits per heavy atom. The smallest absolute Gasteiger partial charge is 0.260 e. The van der Waals surface area contributed by atoms with Crippen molar-refractivity contribution in [2.45, 2.75) is 43.0 Å². The van der Waals surface area contributed by atoms with Crippen molar-refractivity contribution in [2.75, 3.05) is 46.9 Å². The van der Waals surface area contributed by atoms with Gasteiger partial charge < -0.3 is 9.64 Å². The minimum atomic E-state index is -0.648. The molecule has 0 bridgehead atoms. The normalized spacial score (nSPS) is 19.3. The third kappa shape index (κ3) is 5.00. The van der Waals surface area contributed by atoms with Crippen LogP contribution in [0.25, 0.3) is 11.1 Å². The molecule has 9 heteroatoms. The molecule has 39 heavy (non-hydrogen) atoms. The molecule has 5 nitrogen and oxygen atoms in total. The number of benzene rings is 2. The number of halogens is 3. The van der Waals surface area contributed by atoms with Crippen LogP contribution in [-0.2, 0) is 6.42 Å². The maximum absolute atomic E-state index is 15.6. The molecule has 0 saturated carbocycles. The Labute approximate surface area is 231 Å². The lowest BCUT2D eigenvalue weighted by Crippen LogP contribution is -2.49. The number of hydrogen-bond acceptors (Lipinski definition) is 5. The Kier molecular flexibility index (Phi) is 7.61. The Hall–Kier alpha value is -2.75. The van der Waals surface area contributed by atoms with E-state index in [2.05, 4.69) is 30.7 Å². The molecule has 208 valence electrons. The van der Waals surface area contributed by atoms with E-state index < -0.39 is 17.5 Å². The van der Waals surface area contributed by atoms with Crippen molar-refractivity contribution in [3.8, 4) is 16.9 Å². The summed E-state index contributed by atoms with van der Waals surface area (Å²) >= 11 is 1.55. The number of piperazine rings is 1. The fraction of sp³-hybridized carbons (Fsp3) is 0.433. The number of likely N-dealkylation sites (N-methyl/N-ethyl adjacent to an activating group) is 1. The first-order valence-corrected chi connectivity index (χ1v) is 14.0. The van der Waals surface area contributed by atoms with E-state index in [4.69, 9.17) is 4.74 Å². The SMILES string of the molecule is COc1cccc(-c2c(C)c(Cc3c(F)cccc3F)c3n(c2=O)C(CN2CCN(C)CC2)C(C)(C)S3)c1F. The third-order valence-electron chi connectivity index (χ3n) is 8.11. The van der Waals surface area contributed by atoms with Gasteiger partial charge in [-0.3, -0.25) is 14.3 Å². The first-order valence-electron chi connectivity index (χ1n) is 13.2. The van der Waals surface area contributed by atoms with Gasteiger partial charge in [0, 0.05) is 55.0 Å². The molecule has 3 aromatic rings. The highest BCUT2D eigenvalue weighted by atomic mass is 32.2. The van der Waals surface area contributed by atoms with Crippen molar-refractivity contribution >= 4 is 11.8 Å². The molecule has 0 amide bonds. The summed E-state index contributed by atoms with van der Waals surface area (Å²) in [6.07, 6.45) is -0.0527. The number of ether oxygens (including phenoxy) is 1. The molecule has 2 aliphatic heterocycles. The number of pyridine rings is 1. The summed E-state index contributed by atoms with van der Waals surface area (Å²) in [7, 11) is 3.47. The molecule has 0 spiro atoms. The molecule has 1 saturated heterocycles. The van der Waals surface area contributed by atoms with Gasteiger partial charge in [-0.2, -0.15) is 0 Å². The molecule has 0 N–H and O–H groups in total. The Balaban J connectivity index is 1.74. The van der Waals surface area contributed by atoms with E-state index in [1.165, 1.54) is 31.4 Å². The van der Waals surface area contributed by atoms with Crippen molar-refractivity contribution in [1.29, 1.82) is 0 Å². The summed E-state index contributed by atoms with van der Waals surface area (Å²) in [5, 5.41) is 0.691. The van der Waals surface area contributed by atoms with Crippen molar-refractivity contribution in [3.63, 3.8) is 0 Å². The highest BCUT2D eigenvalue weighted by Crippen LogP contribution is 2.51. The van der Waals surface area contributed by atoms with Crippen LogP contribution in [0.5, 0.6) is 5.75 Å². The number of aromatic nitrogens is 1. The largest absolute Gasteiger partial charge is 0.494 e. The second kappa shape index (κ2) is 10.7. The summed E-state index contributed by atoms with van der Waals surface area (Å²) in [4.78, 5) is 19.0. The second-order valence-electron chi connectivity index (χ2n) is 11.0. The van der Waals surface area contributed by atoms with Crippen molar-refractivity contribution in [1.82, 2.24) is 14.4 Å². The lowest BCUT2D eigenvalue weighted by molar-refractivity contribution is 0.130. The van der Waals surface area contributed by atoms with E-state index in [1.807, 2.05) is 0 Å². The maximum atomic E-state index is 15.6. The zero-order valence-electron chi connectivity index (χ0n) is 23.0. The monoisotopic (exact) mass is 557 g/mol. The maximum Gasteiger partial charge on any atom is 0.260 e. The summed E-state index contributed by atoms with van der Waals surface area (Å²) in [6, 6.07) is 8.30. The summed E-state index contributed by atoms with van der Waals surface area (Å²) in [5.41, 5.74) is 1.10. The van der Waals surface area contributed by atoms with E-state index in [0.717, 1.165) is 26.2 Å². The fourth-order valence-electron chi connectivity index (χ4n) is 5.69. The van der Waals surface area contributed by atoms with Crippen LogP contribution in [-0.4, -0.2) is 66.0 Å². The van der Waals surface area contributed by atoms with Crippen LogP contribution < -0.4 is 10.3 Å². The van der Waals surface area contributed by atoms with Gasteiger partial charge >= 0.3 is 0 Å². The van der Waals surface area contributed by atoms with Gasteiger partial charge in [0.15, 0.2) is 11.6 Å². The van der Waals surface area contributed by atoms with Crippen LogP contribution in [0.4, 0.5) is 13.2 Å². The molecule has 3 heterocycles. The molecule has 1 fully saturated rings. The Bertz CT molecular complexity index is 1440. The van der Waals surface area contributed by atoms with Crippen molar-refractivity contribution < 1.29 is 17.9 Å². The van der Waals surface area contributed by atoms with E-state index in [-0.39, 0.29) is 45.2 Å². The zero-order chi connectivity index (χ0) is 28.1. The van der Waals surface area contributed by atoms with Crippen LogP contribution in [0, 0.1) is 24.4 Å². The third-order valence-corrected chi connectivity index (χ3v) is 9.54. The minimum Gasteiger partial charge on any atom is -0.494 e. The molecule has 0 radical (unpaired) electrons. The number of thioether (sulfide) groups is 1. The standard InChI is InChI=1S/C30H34F3N3O2S/c1-18-20(16-21-22(31)9-7-10-23(21)32)29-36(28(37)26(18)19-8-6-11-24(38-5)27(19)33)25(30(2,3)39-29)17-35-14-12-34(4)13-15-35/h6-11,25H,12-17H2,1-5H3.